The first-order valence-corrected chi connectivity index (χ1v) is 10.1. The summed E-state index contributed by atoms with van der Waals surface area (Å²) in [5, 5.41) is 3.97. The highest BCUT2D eigenvalue weighted by Gasteiger charge is 2.30. The van der Waals surface area contributed by atoms with Crippen molar-refractivity contribution >= 4 is 16.8 Å². The molecule has 1 unspecified atom stereocenters. The van der Waals surface area contributed by atoms with Crippen LogP contribution in [0.4, 0.5) is 4.39 Å². The molecule has 0 spiro atoms. The Balaban J connectivity index is 1.35. The Morgan fingerprint density at radius 1 is 1.19 bits per heavy atom. The maximum atomic E-state index is 14.4. The molecule has 2 aromatic carbocycles. The summed E-state index contributed by atoms with van der Waals surface area (Å²) < 4.78 is 20.5. The fourth-order valence-corrected chi connectivity index (χ4v) is 4.07. The molecule has 156 valence electrons. The molecule has 7 heteroatoms. The van der Waals surface area contributed by atoms with Gasteiger partial charge in [-0.1, -0.05) is 12.1 Å². The average Bonchev–Trinajstić information content (AvgIpc) is 3.35. The van der Waals surface area contributed by atoms with E-state index in [0.29, 0.717) is 34.7 Å². The molecular formula is C24H21FN4O2. The van der Waals surface area contributed by atoms with Crippen LogP contribution in [0.25, 0.3) is 22.3 Å². The number of aromatic amines is 1. The molecule has 0 saturated carbocycles. The zero-order valence-electron chi connectivity index (χ0n) is 17.2. The van der Waals surface area contributed by atoms with E-state index in [9.17, 15) is 9.18 Å². The normalized spacial score (nSPS) is 15.0. The van der Waals surface area contributed by atoms with Crippen LogP contribution in [-0.2, 0) is 6.42 Å². The van der Waals surface area contributed by atoms with Crippen LogP contribution in [0.2, 0.25) is 0 Å². The molecule has 2 aromatic heterocycles. The Morgan fingerprint density at radius 3 is 2.81 bits per heavy atom. The topological polar surface area (TPSA) is 79.9 Å². The molecule has 1 aliphatic rings. The molecule has 6 nitrogen and oxygen atoms in total. The number of nitrogens with one attached hydrogen (secondary N) is 2. The van der Waals surface area contributed by atoms with Crippen molar-refractivity contribution in [2.75, 3.05) is 6.54 Å². The van der Waals surface area contributed by atoms with E-state index >= 15 is 0 Å². The number of rotatable bonds is 4. The van der Waals surface area contributed by atoms with Crippen LogP contribution in [0.1, 0.15) is 27.2 Å². The van der Waals surface area contributed by atoms with Crippen molar-refractivity contribution in [3.8, 4) is 17.1 Å². The number of para-hydroxylation sites is 1. The van der Waals surface area contributed by atoms with Gasteiger partial charge in [0, 0.05) is 35.5 Å². The van der Waals surface area contributed by atoms with Gasteiger partial charge in [-0.05, 0) is 43.7 Å². The van der Waals surface area contributed by atoms with E-state index in [-0.39, 0.29) is 24.4 Å². The minimum atomic E-state index is -0.371. The molecule has 1 aliphatic heterocycles. The van der Waals surface area contributed by atoms with E-state index in [1.165, 1.54) is 6.07 Å². The Hall–Kier alpha value is -3.74. The first-order chi connectivity index (χ1) is 15.0. The molecule has 3 heterocycles. The van der Waals surface area contributed by atoms with Gasteiger partial charge in [-0.2, -0.15) is 0 Å². The number of carbonyl (C=O) groups excluding carboxylic acids is 1. The van der Waals surface area contributed by atoms with Crippen LogP contribution < -0.4 is 10.1 Å². The Bertz CT molecular complexity index is 1300. The van der Waals surface area contributed by atoms with Crippen molar-refractivity contribution in [2.45, 2.75) is 26.4 Å². The van der Waals surface area contributed by atoms with E-state index in [4.69, 9.17) is 4.74 Å². The van der Waals surface area contributed by atoms with Crippen molar-refractivity contribution in [1.29, 1.82) is 0 Å². The summed E-state index contributed by atoms with van der Waals surface area (Å²) in [4.78, 5) is 24.7. The molecule has 0 aliphatic carbocycles. The maximum Gasteiger partial charge on any atom is 0.253 e. The average molecular weight is 416 g/mol. The summed E-state index contributed by atoms with van der Waals surface area (Å²) in [5.41, 5.74) is 4.70. The van der Waals surface area contributed by atoms with Gasteiger partial charge in [0.25, 0.3) is 5.91 Å². The van der Waals surface area contributed by atoms with Crippen molar-refractivity contribution in [3.05, 3.63) is 77.0 Å². The fourth-order valence-electron chi connectivity index (χ4n) is 4.07. The first-order valence-electron chi connectivity index (χ1n) is 10.1. The van der Waals surface area contributed by atoms with Crippen LogP contribution in [0.15, 0.2) is 48.8 Å². The molecule has 1 atom stereocenters. The van der Waals surface area contributed by atoms with Gasteiger partial charge in [0.2, 0.25) is 0 Å². The number of aryl methyl sites for hydroxylation is 2. The molecule has 4 aromatic rings. The van der Waals surface area contributed by atoms with Crippen molar-refractivity contribution < 1.29 is 13.9 Å². The number of H-pyrrole nitrogens is 1. The van der Waals surface area contributed by atoms with Crippen LogP contribution in [0.5, 0.6) is 5.75 Å². The zero-order chi connectivity index (χ0) is 21.5. The number of nitrogens with zero attached hydrogens (tertiary/aromatic N) is 2. The Kier molecular flexibility index (Phi) is 4.66. The summed E-state index contributed by atoms with van der Waals surface area (Å²) in [6.45, 7) is 4.28. The van der Waals surface area contributed by atoms with Gasteiger partial charge in [-0.25, -0.2) is 14.4 Å². The van der Waals surface area contributed by atoms with Crippen LogP contribution >= 0.6 is 0 Å². The monoisotopic (exact) mass is 416 g/mol. The predicted octanol–water partition coefficient (Wildman–Crippen LogP) is 4.11. The predicted molar refractivity (Wildman–Crippen MR) is 116 cm³/mol. The lowest BCUT2D eigenvalue weighted by atomic mass is 10.0. The molecule has 0 bridgehead atoms. The van der Waals surface area contributed by atoms with Gasteiger partial charge in [0.1, 0.15) is 17.7 Å². The van der Waals surface area contributed by atoms with E-state index < -0.39 is 0 Å². The van der Waals surface area contributed by atoms with Gasteiger partial charge in [-0.15, -0.1) is 0 Å². The van der Waals surface area contributed by atoms with Crippen LogP contribution in [0, 0.1) is 19.7 Å². The van der Waals surface area contributed by atoms with E-state index in [0.717, 1.165) is 22.2 Å². The van der Waals surface area contributed by atoms with Crippen molar-refractivity contribution in [3.63, 3.8) is 0 Å². The highest BCUT2D eigenvalue weighted by Crippen LogP contribution is 2.38. The lowest BCUT2D eigenvalue weighted by Crippen LogP contribution is -2.34. The Labute approximate surface area is 178 Å². The smallest absolute Gasteiger partial charge is 0.253 e. The Morgan fingerprint density at radius 2 is 2.00 bits per heavy atom. The summed E-state index contributed by atoms with van der Waals surface area (Å²) in [6.07, 6.45) is 3.27. The number of fused-ring (bicyclic) bond motifs is 2. The molecule has 31 heavy (non-hydrogen) atoms. The maximum absolute atomic E-state index is 14.4. The lowest BCUT2D eigenvalue weighted by Gasteiger charge is -2.13. The van der Waals surface area contributed by atoms with Crippen molar-refractivity contribution in [1.82, 2.24) is 20.3 Å². The molecule has 0 radical (unpaired) electrons. The second-order valence-corrected chi connectivity index (χ2v) is 7.73. The molecule has 0 saturated heterocycles. The zero-order valence-corrected chi connectivity index (χ0v) is 17.2. The third kappa shape index (κ3) is 3.32. The van der Waals surface area contributed by atoms with E-state index in [2.05, 4.69) is 20.3 Å². The quantitative estimate of drug-likeness (QED) is 0.525. The van der Waals surface area contributed by atoms with Gasteiger partial charge < -0.3 is 15.0 Å². The van der Waals surface area contributed by atoms with Gasteiger partial charge >= 0.3 is 0 Å². The van der Waals surface area contributed by atoms with E-state index in [1.807, 2.05) is 26.0 Å². The van der Waals surface area contributed by atoms with Gasteiger partial charge in [0.15, 0.2) is 5.82 Å². The standard InChI is InChI=1S/C24H21FN4O2/c1-13-14(2)29-21-16(13)5-3-6-17(21)24(30)28-12-15-11-19-20(25)8-7-18(22(19)31-15)23-26-9-4-10-27-23/h3-10,15,29H,11-12H2,1-2H3,(H,28,30). The fraction of sp³-hybridized carbons (Fsp3) is 0.208. The molecular weight excluding hydrogens is 395 g/mol. The number of hydrogen-bond donors (Lipinski definition) is 2. The third-order valence-corrected chi connectivity index (χ3v) is 5.80. The van der Waals surface area contributed by atoms with Crippen LogP contribution in [-0.4, -0.2) is 33.5 Å². The largest absolute Gasteiger partial charge is 0.487 e. The SMILES string of the molecule is Cc1[nH]c2c(C(=O)NCC3Cc4c(F)ccc(-c5ncccn5)c4O3)cccc2c1C. The number of benzene rings is 2. The highest BCUT2D eigenvalue weighted by atomic mass is 19.1. The first kappa shape index (κ1) is 19.2. The second-order valence-electron chi connectivity index (χ2n) is 7.73. The molecule has 5 rings (SSSR count). The summed E-state index contributed by atoms with van der Waals surface area (Å²) >= 11 is 0. The summed E-state index contributed by atoms with van der Waals surface area (Å²) in [7, 11) is 0. The van der Waals surface area contributed by atoms with Gasteiger partial charge in [0.05, 0.1) is 23.2 Å². The number of halogens is 1. The summed E-state index contributed by atoms with van der Waals surface area (Å²) in [6, 6.07) is 10.4. The molecule has 0 fully saturated rings. The number of carbonyl (C=O) groups is 1. The summed E-state index contributed by atoms with van der Waals surface area (Å²) in [5.74, 6) is 0.403. The van der Waals surface area contributed by atoms with E-state index in [1.54, 1.807) is 30.6 Å². The van der Waals surface area contributed by atoms with Gasteiger partial charge in [-0.3, -0.25) is 4.79 Å². The molecule has 1 amide bonds. The lowest BCUT2D eigenvalue weighted by molar-refractivity contribution is 0.0935. The second kappa shape index (κ2) is 7.50. The minimum absolute atomic E-state index is 0.196. The van der Waals surface area contributed by atoms with Crippen LogP contribution in [0.3, 0.4) is 0 Å². The number of hydrogen-bond acceptors (Lipinski definition) is 4. The number of amides is 1. The molecule has 2 N–H and O–H groups in total. The number of aromatic nitrogens is 3. The highest BCUT2D eigenvalue weighted by molar-refractivity contribution is 6.06. The van der Waals surface area contributed by atoms with Crippen molar-refractivity contribution in [2.24, 2.45) is 0 Å². The number of ether oxygens (including phenoxy) is 1. The minimum Gasteiger partial charge on any atom is -0.487 e. The third-order valence-electron chi connectivity index (χ3n) is 5.80.